The summed E-state index contributed by atoms with van der Waals surface area (Å²) in [6, 6.07) is 33.8. The Labute approximate surface area is 226 Å². The molecule has 0 aliphatic rings. The third-order valence-electron chi connectivity index (χ3n) is 7.73. The molecular formula is C35H36N2O. The Morgan fingerprint density at radius 2 is 1.45 bits per heavy atom. The first-order valence-electron chi connectivity index (χ1n) is 13.5. The smallest absolute Gasteiger partial charge is 0.251 e. The molecule has 0 radical (unpaired) electrons. The van der Waals surface area contributed by atoms with Gasteiger partial charge in [0.15, 0.2) is 0 Å². The van der Waals surface area contributed by atoms with Gasteiger partial charge in [-0.25, -0.2) is 0 Å². The van der Waals surface area contributed by atoms with Crippen molar-refractivity contribution in [3.63, 3.8) is 0 Å². The molecule has 0 unspecified atom stereocenters. The van der Waals surface area contributed by atoms with Crippen LogP contribution in [0.2, 0.25) is 0 Å². The summed E-state index contributed by atoms with van der Waals surface area (Å²) in [5.74, 6) is 0.410. The molecule has 1 atom stereocenters. The van der Waals surface area contributed by atoms with Gasteiger partial charge in [0.1, 0.15) is 0 Å². The minimum absolute atomic E-state index is 0.0457. The fourth-order valence-electron chi connectivity index (χ4n) is 5.16. The lowest BCUT2D eigenvalue weighted by molar-refractivity contribution is 0.0940. The lowest BCUT2D eigenvalue weighted by Gasteiger charge is -2.16. The van der Waals surface area contributed by atoms with Crippen molar-refractivity contribution in [3.8, 4) is 11.1 Å². The van der Waals surface area contributed by atoms with Crippen LogP contribution in [0, 0.1) is 13.8 Å². The number of hydrogen-bond donors (Lipinski definition) is 1. The van der Waals surface area contributed by atoms with Gasteiger partial charge in [-0.3, -0.25) is 4.79 Å². The van der Waals surface area contributed by atoms with Crippen molar-refractivity contribution in [2.24, 2.45) is 0 Å². The van der Waals surface area contributed by atoms with E-state index in [4.69, 9.17) is 0 Å². The van der Waals surface area contributed by atoms with Crippen LogP contribution in [0.25, 0.3) is 22.0 Å². The summed E-state index contributed by atoms with van der Waals surface area (Å²) in [6.45, 7) is 11.5. The first-order valence-corrected chi connectivity index (χ1v) is 13.5. The van der Waals surface area contributed by atoms with E-state index in [1.54, 1.807) is 0 Å². The normalized spacial score (nSPS) is 12.2. The molecule has 1 N–H and O–H groups in total. The number of nitrogens with one attached hydrogen (secondary N) is 1. The van der Waals surface area contributed by atoms with E-state index in [9.17, 15) is 4.79 Å². The Morgan fingerprint density at radius 3 is 2.16 bits per heavy atom. The summed E-state index contributed by atoms with van der Waals surface area (Å²) in [6.07, 6.45) is 0. The van der Waals surface area contributed by atoms with Crippen LogP contribution in [0.5, 0.6) is 0 Å². The topological polar surface area (TPSA) is 34.0 Å². The van der Waals surface area contributed by atoms with Gasteiger partial charge in [-0.15, -0.1) is 0 Å². The third-order valence-corrected chi connectivity index (χ3v) is 7.73. The minimum Gasteiger partial charge on any atom is -0.346 e. The van der Waals surface area contributed by atoms with Crippen LogP contribution < -0.4 is 5.32 Å². The molecule has 1 amide bonds. The van der Waals surface area contributed by atoms with E-state index >= 15 is 0 Å². The quantitative estimate of drug-likeness (QED) is 0.238. The van der Waals surface area contributed by atoms with Crippen LogP contribution in [-0.4, -0.2) is 10.5 Å². The molecule has 38 heavy (non-hydrogen) atoms. The summed E-state index contributed by atoms with van der Waals surface area (Å²) in [5, 5.41) is 4.33. The lowest BCUT2D eigenvalue weighted by Crippen LogP contribution is -2.26. The van der Waals surface area contributed by atoms with Crippen molar-refractivity contribution in [1.82, 2.24) is 9.88 Å². The molecule has 5 rings (SSSR count). The number of rotatable bonds is 7. The summed E-state index contributed by atoms with van der Waals surface area (Å²) in [7, 11) is 0. The van der Waals surface area contributed by atoms with E-state index in [2.05, 4.69) is 116 Å². The van der Waals surface area contributed by atoms with Gasteiger partial charge in [0.25, 0.3) is 5.91 Å². The Bertz CT molecular complexity index is 1580. The number of benzene rings is 4. The average molecular weight is 501 g/mol. The third kappa shape index (κ3) is 5.15. The molecule has 4 aromatic carbocycles. The number of fused-ring (bicyclic) bond motifs is 1. The average Bonchev–Trinajstić information content (AvgIpc) is 3.18. The van der Waals surface area contributed by atoms with Gasteiger partial charge < -0.3 is 9.88 Å². The highest BCUT2D eigenvalue weighted by molar-refractivity contribution is 5.99. The zero-order valence-corrected chi connectivity index (χ0v) is 23.0. The summed E-state index contributed by atoms with van der Waals surface area (Å²) in [5.41, 5.74) is 10.4. The molecule has 0 aliphatic carbocycles. The van der Waals surface area contributed by atoms with E-state index in [0.29, 0.717) is 11.5 Å². The highest BCUT2D eigenvalue weighted by atomic mass is 16.1. The SMILES string of the molecule is Cc1c(C)n(Cc2ccc(-c3ccccc3)cc2)c2ccc(C(=O)N[C@@H](C)c3cccc(C(C)C)c3)cc12. The second-order valence-electron chi connectivity index (χ2n) is 10.6. The van der Waals surface area contributed by atoms with Gasteiger partial charge in [-0.05, 0) is 78.3 Å². The fourth-order valence-corrected chi connectivity index (χ4v) is 5.16. The second kappa shape index (κ2) is 10.7. The van der Waals surface area contributed by atoms with Crippen molar-refractivity contribution in [1.29, 1.82) is 0 Å². The Balaban J connectivity index is 1.36. The summed E-state index contributed by atoms with van der Waals surface area (Å²) in [4.78, 5) is 13.2. The van der Waals surface area contributed by atoms with Gasteiger partial charge >= 0.3 is 0 Å². The van der Waals surface area contributed by atoms with E-state index in [1.807, 2.05) is 25.1 Å². The lowest BCUT2D eigenvalue weighted by atomic mass is 9.98. The molecule has 0 bridgehead atoms. The number of carbonyl (C=O) groups is 1. The van der Waals surface area contributed by atoms with Crippen LogP contribution in [0.15, 0.2) is 97.1 Å². The molecule has 3 nitrogen and oxygen atoms in total. The molecule has 0 saturated carbocycles. The summed E-state index contributed by atoms with van der Waals surface area (Å²) >= 11 is 0. The first kappa shape index (κ1) is 25.5. The van der Waals surface area contributed by atoms with Gasteiger partial charge in [0.2, 0.25) is 0 Å². The van der Waals surface area contributed by atoms with Crippen molar-refractivity contribution >= 4 is 16.8 Å². The summed E-state index contributed by atoms with van der Waals surface area (Å²) < 4.78 is 2.35. The Kier molecular flexibility index (Phi) is 7.20. The molecule has 5 aromatic rings. The number of carbonyl (C=O) groups excluding carboxylic acids is 1. The van der Waals surface area contributed by atoms with Crippen LogP contribution in [0.3, 0.4) is 0 Å². The van der Waals surface area contributed by atoms with Gasteiger partial charge in [0, 0.05) is 28.7 Å². The van der Waals surface area contributed by atoms with Crippen LogP contribution in [-0.2, 0) is 6.54 Å². The maximum Gasteiger partial charge on any atom is 0.251 e. The first-order chi connectivity index (χ1) is 18.3. The largest absolute Gasteiger partial charge is 0.346 e. The highest BCUT2D eigenvalue weighted by Gasteiger charge is 2.16. The molecule has 0 spiro atoms. The minimum atomic E-state index is -0.0665. The van der Waals surface area contributed by atoms with Gasteiger partial charge in [-0.1, -0.05) is 92.7 Å². The predicted octanol–water partition coefficient (Wildman–Crippen LogP) is 8.59. The van der Waals surface area contributed by atoms with E-state index in [-0.39, 0.29) is 11.9 Å². The van der Waals surface area contributed by atoms with E-state index in [1.165, 1.54) is 33.5 Å². The number of aryl methyl sites for hydroxylation is 1. The molecule has 3 heteroatoms. The second-order valence-corrected chi connectivity index (χ2v) is 10.6. The molecule has 1 heterocycles. The standard InChI is InChI=1S/C35H36N2O/c1-23(2)30-12-9-13-31(20-30)25(4)36-35(38)32-18-19-34-33(21-32)24(3)26(5)37(34)22-27-14-16-29(17-15-27)28-10-7-6-8-11-28/h6-21,23,25H,22H2,1-5H3,(H,36,38)/t25-/m0/s1. The van der Waals surface area contributed by atoms with Crippen molar-refractivity contribution in [2.45, 2.75) is 53.1 Å². The van der Waals surface area contributed by atoms with Crippen LogP contribution >= 0.6 is 0 Å². The Morgan fingerprint density at radius 1 is 0.763 bits per heavy atom. The number of hydrogen-bond acceptors (Lipinski definition) is 1. The van der Waals surface area contributed by atoms with Gasteiger partial charge in [-0.2, -0.15) is 0 Å². The van der Waals surface area contributed by atoms with Crippen molar-refractivity contribution in [2.75, 3.05) is 0 Å². The van der Waals surface area contributed by atoms with E-state index < -0.39 is 0 Å². The van der Waals surface area contributed by atoms with Crippen molar-refractivity contribution in [3.05, 3.63) is 131 Å². The monoisotopic (exact) mass is 500 g/mol. The fraction of sp³-hybridized carbons (Fsp3) is 0.229. The van der Waals surface area contributed by atoms with E-state index in [0.717, 1.165) is 23.0 Å². The maximum absolute atomic E-state index is 13.2. The van der Waals surface area contributed by atoms with Crippen LogP contribution in [0.1, 0.15) is 71.0 Å². The molecule has 0 aliphatic heterocycles. The zero-order valence-electron chi connectivity index (χ0n) is 23.0. The van der Waals surface area contributed by atoms with Crippen molar-refractivity contribution < 1.29 is 4.79 Å². The highest BCUT2D eigenvalue weighted by Crippen LogP contribution is 2.28. The molecular weight excluding hydrogens is 464 g/mol. The maximum atomic E-state index is 13.2. The number of aromatic nitrogens is 1. The molecule has 0 saturated heterocycles. The molecule has 1 aromatic heterocycles. The molecule has 0 fully saturated rings. The number of amides is 1. The Hall–Kier alpha value is -4.11. The van der Waals surface area contributed by atoms with Gasteiger partial charge in [0.05, 0.1) is 6.04 Å². The zero-order chi connectivity index (χ0) is 26.8. The van der Waals surface area contributed by atoms with Crippen LogP contribution in [0.4, 0.5) is 0 Å². The number of nitrogens with zero attached hydrogens (tertiary/aromatic N) is 1. The molecule has 192 valence electrons. The predicted molar refractivity (Wildman–Crippen MR) is 159 cm³/mol.